The van der Waals surface area contributed by atoms with Gasteiger partial charge in [-0.1, -0.05) is 43.2 Å². The third-order valence-corrected chi connectivity index (χ3v) is 4.86. The molecule has 0 unspecified atom stereocenters. The SMILES string of the molecule is CN=C(NCCC(=O)NC(C)C)NCC1(c2ccccc2)CCCC1. The van der Waals surface area contributed by atoms with Crippen LogP contribution < -0.4 is 16.0 Å². The molecular formula is C20H32N4O. The van der Waals surface area contributed by atoms with Crippen molar-refractivity contribution in [1.82, 2.24) is 16.0 Å². The fraction of sp³-hybridized carbons (Fsp3) is 0.600. The molecule has 25 heavy (non-hydrogen) atoms. The molecule has 0 bridgehead atoms. The van der Waals surface area contributed by atoms with Gasteiger partial charge < -0.3 is 16.0 Å². The quantitative estimate of drug-likeness (QED) is 0.526. The lowest BCUT2D eigenvalue weighted by Crippen LogP contribution is -2.45. The van der Waals surface area contributed by atoms with Crippen LogP contribution in [0.25, 0.3) is 0 Å². The normalized spacial score (nSPS) is 16.7. The molecule has 1 aromatic carbocycles. The van der Waals surface area contributed by atoms with Crippen molar-refractivity contribution >= 4 is 11.9 Å². The third-order valence-electron chi connectivity index (χ3n) is 4.86. The Morgan fingerprint density at radius 3 is 2.44 bits per heavy atom. The number of benzene rings is 1. The maximum absolute atomic E-state index is 11.7. The number of rotatable bonds is 7. The monoisotopic (exact) mass is 344 g/mol. The van der Waals surface area contributed by atoms with Gasteiger partial charge in [-0.2, -0.15) is 0 Å². The van der Waals surface area contributed by atoms with Gasteiger partial charge in [0, 0.05) is 38.0 Å². The summed E-state index contributed by atoms with van der Waals surface area (Å²) in [5.74, 6) is 0.828. The fourth-order valence-electron chi connectivity index (χ4n) is 3.57. The maximum Gasteiger partial charge on any atom is 0.221 e. The van der Waals surface area contributed by atoms with Crippen LogP contribution in [-0.2, 0) is 10.2 Å². The van der Waals surface area contributed by atoms with E-state index in [2.05, 4.69) is 51.3 Å². The Kier molecular flexibility index (Phi) is 7.29. The van der Waals surface area contributed by atoms with Gasteiger partial charge in [0.25, 0.3) is 0 Å². The average Bonchev–Trinajstić information content (AvgIpc) is 3.08. The molecular weight excluding hydrogens is 312 g/mol. The first-order chi connectivity index (χ1) is 12.1. The van der Waals surface area contributed by atoms with E-state index in [1.807, 2.05) is 13.8 Å². The van der Waals surface area contributed by atoms with E-state index in [9.17, 15) is 4.79 Å². The number of carbonyl (C=O) groups excluding carboxylic acids is 1. The lowest BCUT2D eigenvalue weighted by Gasteiger charge is -2.30. The van der Waals surface area contributed by atoms with E-state index in [0.717, 1.165) is 12.5 Å². The summed E-state index contributed by atoms with van der Waals surface area (Å²) in [7, 11) is 1.77. The average molecular weight is 345 g/mol. The number of hydrogen-bond donors (Lipinski definition) is 3. The van der Waals surface area contributed by atoms with Gasteiger partial charge in [-0.25, -0.2) is 0 Å². The molecule has 0 spiro atoms. The van der Waals surface area contributed by atoms with Crippen LogP contribution >= 0.6 is 0 Å². The van der Waals surface area contributed by atoms with Crippen molar-refractivity contribution in [2.45, 2.75) is 57.4 Å². The minimum Gasteiger partial charge on any atom is -0.356 e. The summed E-state index contributed by atoms with van der Waals surface area (Å²) in [6.45, 7) is 5.39. The topological polar surface area (TPSA) is 65.5 Å². The van der Waals surface area contributed by atoms with Crippen LogP contribution in [0.5, 0.6) is 0 Å². The molecule has 1 aliphatic rings. The van der Waals surface area contributed by atoms with Gasteiger partial charge >= 0.3 is 0 Å². The Labute approximate surface area is 151 Å². The smallest absolute Gasteiger partial charge is 0.221 e. The van der Waals surface area contributed by atoms with E-state index >= 15 is 0 Å². The highest BCUT2D eigenvalue weighted by molar-refractivity contribution is 5.81. The molecule has 0 radical (unpaired) electrons. The van der Waals surface area contributed by atoms with Crippen molar-refractivity contribution in [2.75, 3.05) is 20.1 Å². The molecule has 2 rings (SSSR count). The van der Waals surface area contributed by atoms with E-state index in [1.165, 1.54) is 31.2 Å². The van der Waals surface area contributed by atoms with Gasteiger partial charge in [-0.05, 0) is 32.3 Å². The van der Waals surface area contributed by atoms with Crippen molar-refractivity contribution in [3.63, 3.8) is 0 Å². The van der Waals surface area contributed by atoms with Crippen LogP contribution in [0.2, 0.25) is 0 Å². The van der Waals surface area contributed by atoms with Crippen LogP contribution in [0.1, 0.15) is 51.5 Å². The van der Waals surface area contributed by atoms with Gasteiger partial charge in [-0.15, -0.1) is 0 Å². The molecule has 1 aromatic rings. The van der Waals surface area contributed by atoms with Gasteiger partial charge in [0.15, 0.2) is 5.96 Å². The standard InChI is InChI=1S/C20H32N4O/c1-16(2)24-18(25)11-14-22-19(21-3)23-15-20(12-7-8-13-20)17-9-5-4-6-10-17/h4-6,9-10,16H,7-8,11-15H2,1-3H3,(H,24,25)(H2,21,22,23). The Morgan fingerprint density at radius 2 is 1.84 bits per heavy atom. The zero-order valence-electron chi connectivity index (χ0n) is 15.8. The minimum absolute atomic E-state index is 0.0644. The van der Waals surface area contributed by atoms with Crippen molar-refractivity contribution in [3.8, 4) is 0 Å². The zero-order chi connectivity index (χ0) is 18.1. The number of guanidine groups is 1. The summed E-state index contributed by atoms with van der Waals surface area (Å²) in [6, 6.07) is 11.0. The first kappa shape index (κ1) is 19.3. The Bertz CT molecular complexity index is 562. The highest BCUT2D eigenvalue weighted by Crippen LogP contribution is 2.40. The molecule has 5 heteroatoms. The van der Waals surface area contributed by atoms with E-state index in [-0.39, 0.29) is 17.4 Å². The largest absolute Gasteiger partial charge is 0.356 e. The molecule has 0 aliphatic heterocycles. The van der Waals surface area contributed by atoms with Crippen molar-refractivity contribution in [1.29, 1.82) is 0 Å². The molecule has 0 saturated heterocycles. The number of nitrogens with one attached hydrogen (secondary N) is 3. The van der Waals surface area contributed by atoms with E-state index < -0.39 is 0 Å². The van der Waals surface area contributed by atoms with Gasteiger partial charge in [0.05, 0.1) is 0 Å². The summed E-state index contributed by atoms with van der Waals surface area (Å²) in [4.78, 5) is 16.0. The van der Waals surface area contributed by atoms with Gasteiger partial charge in [0.1, 0.15) is 0 Å². The maximum atomic E-state index is 11.7. The summed E-state index contributed by atoms with van der Waals surface area (Å²) in [5.41, 5.74) is 1.60. The molecule has 1 fully saturated rings. The van der Waals surface area contributed by atoms with E-state index in [0.29, 0.717) is 13.0 Å². The van der Waals surface area contributed by atoms with Crippen LogP contribution in [0.3, 0.4) is 0 Å². The second-order valence-corrected chi connectivity index (χ2v) is 7.18. The summed E-state index contributed by atoms with van der Waals surface area (Å²) >= 11 is 0. The van der Waals surface area contributed by atoms with Crippen molar-refractivity contribution in [2.24, 2.45) is 4.99 Å². The van der Waals surface area contributed by atoms with E-state index in [1.54, 1.807) is 7.05 Å². The second kappa shape index (κ2) is 9.44. The summed E-state index contributed by atoms with van der Waals surface area (Å²) in [6.07, 6.45) is 5.41. The Hall–Kier alpha value is -2.04. The highest BCUT2D eigenvalue weighted by atomic mass is 16.1. The molecule has 0 heterocycles. The third kappa shape index (κ3) is 5.76. The van der Waals surface area contributed by atoms with Crippen LogP contribution in [0.4, 0.5) is 0 Å². The van der Waals surface area contributed by atoms with Crippen LogP contribution in [-0.4, -0.2) is 38.0 Å². The minimum atomic E-state index is 0.0644. The van der Waals surface area contributed by atoms with Crippen LogP contribution in [0, 0.1) is 0 Å². The Balaban J connectivity index is 1.85. The zero-order valence-corrected chi connectivity index (χ0v) is 15.8. The van der Waals surface area contributed by atoms with Crippen molar-refractivity contribution < 1.29 is 4.79 Å². The lowest BCUT2D eigenvalue weighted by molar-refractivity contribution is -0.121. The fourth-order valence-corrected chi connectivity index (χ4v) is 3.57. The number of nitrogens with zero attached hydrogens (tertiary/aromatic N) is 1. The number of hydrogen-bond acceptors (Lipinski definition) is 2. The molecule has 0 aromatic heterocycles. The van der Waals surface area contributed by atoms with Crippen molar-refractivity contribution in [3.05, 3.63) is 35.9 Å². The molecule has 5 nitrogen and oxygen atoms in total. The number of aliphatic imine (C=N–C) groups is 1. The van der Waals surface area contributed by atoms with Crippen LogP contribution in [0.15, 0.2) is 35.3 Å². The Morgan fingerprint density at radius 1 is 1.16 bits per heavy atom. The summed E-state index contributed by atoms with van der Waals surface area (Å²) < 4.78 is 0. The first-order valence-corrected chi connectivity index (χ1v) is 9.35. The lowest BCUT2D eigenvalue weighted by atomic mass is 9.79. The number of carbonyl (C=O) groups is 1. The van der Waals surface area contributed by atoms with Gasteiger partial charge in [-0.3, -0.25) is 9.79 Å². The van der Waals surface area contributed by atoms with Gasteiger partial charge in [0.2, 0.25) is 5.91 Å². The number of amides is 1. The molecule has 138 valence electrons. The molecule has 1 aliphatic carbocycles. The first-order valence-electron chi connectivity index (χ1n) is 9.35. The predicted octanol–water partition coefficient (Wildman–Crippen LogP) is 2.58. The molecule has 3 N–H and O–H groups in total. The molecule has 1 amide bonds. The molecule has 1 saturated carbocycles. The predicted molar refractivity (Wildman–Crippen MR) is 104 cm³/mol. The summed E-state index contributed by atoms with van der Waals surface area (Å²) in [5, 5.41) is 9.62. The molecule has 0 atom stereocenters. The highest BCUT2D eigenvalue weighted by Gasteiger charge is 2.35. The van der Waals surface area contributed by atoms with E-state index in [4.69, 9.17) is 0 Å². The second-order valence-electron chi connectivity index (χ2n) is 7.18.